The highest BCUT2D eigenvalue weighted by molar-refractivity contribution is 6.00. The van der Waals surface area contributed by atoms with Gasteiger partial charge in [0.15, 0.2) is 0 Å². The van der Waals surface area contributed by atoms with Crippen molar-refractivity contribution in [1.82, 2.24) is 4.90 Å². The van der Waals surface area contributed by atoms with E-state index in [9.17, 15) is 9.59 Å². The summed E-state index contributed by atoms with van der Waals surface area (Å²) < 4.78 is 0. The second-order valence-corrected chi connectivity index (χ2v) is 7.35. The largest absolute Gasteiger partial charge is 0.342 e. The van der Waals surface area contributed by atoms with Gasteiger partial charge in [-0.15, -0.1) is 0 Å². The lowest BCUT2D eigenvalue weighted by Gasteiger charge is -2.21. The third kappa shape index (κ3) is 4.03. The van der Waals surface area contributed by atoms with Crippen LogP contribution in [0.4, 0.5) is 5.69 Å². The van der Waals surface area contributed by atoms with Crippen LogP contribution in [0.2, 0.25) is 0 Å². The standard InChI is InChI=1S/C20H29N3O2/c1-2-3-4-15-5-7-18(8-6-15)23-14-17(11-19(23)24)20(25)22-10-9-16(12-21)13-22/h5-8,16-17H,2-4,9-14,21H2,1H3. The van der Waals surface area contributed by atoms with Gasteiger partial charge in [-0.1, -0.05) is 25.5 Å². The van der Waals surface area contributed by atoms with E-state index < -0.39 is 0 Å². The lowest BCUT2D eigenvalue weighted by molar-refractivity contribution is -0.134. The van der Waals surface area contributed by atoms with Gasteiger partial charge in [-0.05, 0) is 49.4 Å². The normalized spacial score (nSPS) is 23.5. The third-order valence-corrected chi connectivity index (χ3v) is 5.47. The zero-order chi connectivity index (χ0) is 17.8. The van der Waals surface area contributed by atoms with Gasteiger partial charge in [0.2, 0.25) is 11.8 Å². The van der Waals surface area contributed by atoms with Gasteiger partial charge >= 0.3 is 0 Å². The van der Waals surface area contributed by atoms with Crippen LogP contribution >= 0.6 is 0 Å². The summed E-state index contributed by atoms with van der Waals surface area (Å²) in [4.78, 5) is 28.8. The molecule has 0 spiro atoms. The number of nitrogens with two attached hydrogens (primary N) is 1. The van der Waals surface area contributed by atoms with Gasteiger partial charge in [-0.2, -0.15) is 0 Å². The van der Waals surface area contributed by atoms with Crippen molar-refractivity contribution < 1.29 is 9.59 Å². The smallest absolute Gasteiger partial charge is 0.228 e. The number of carbonyl (C=O) groups excluding carboxylic acids is 2. The lowest BCUT2D eigenvalue weighted by Crippen LogP contribution is -2.36. The molecule has 1 aromatic rings. The average Bonchev–Trinajstić information content (AvgIpc) is 3.26. The molecule has 2 fully saturated rings. The highest BCUT2D eigenvalue weighted by Crippen LogP contribution is 2.28. The molecule has 25 heavy (non-hydrogen) atoms. The van der Waals surface area contributed by atoms with Crippen LogP contribution < -0.4 is 10.6 Å². The second-order valence-electron chi connectivity index (χ2n) is 7.35. The van der Waals surface area contributed by atoms with E-state index in [1.807, 2.05) is 17.0 Å². The summed E-state index contributed by atoms with van der Waals surface area (Å²) in [6.07, 6.45) is 4.73. The first-order valence-electron chi connectivity index (χ1n) is 9.50. The van der Waals surface area contributed by atoms with Crippen molar-refractivity contribution in [2.24, 2.45) is 17.6 Å². The van der Waals surface area contributed by atoms with E-state index in [0.717, 1.165) is 31.6 Å². The number of benzene rings is 1. The molecular formula is C20H29N3O2. The quantitative estimate of drug-likeness (QED) is 0.861. The number of rotatable bonds is 6. The first-order chi connectivity index (χ1) is 12.1. The van der Waals surface area contributed by atoms with Crippen LogP contribution in [0.25, 0.3) is 0 Å². The van der Waals surface area contributed by atoms with Crippen LogP contribution in [0.3, 0.4) is 0 Å². The number of amides is 2. The molecule has 136 valence electrons. The maximum absolute atomic E-state index is 12.7. The van der Waals surface area contributed by atoms with Crippen molar-refractivity contribution in [1.29, 1.82) is 0 Å². The Bertz CT molecular complexity index is 614. The van der Waals surface area contributed by atoms with Gasteiger partial charge in [-0.3, -0.25) is 9.59 Å². The fourth-order valence-electron chi connectivity index (χ4n) is 3.83. The van der Waals surface area contributed by atoms with Crippen LogP contribution in [-0.4, -0.2) is 42.9 Å². The number of unbranched alkanes of at least 4 members (excludes halogenated alkanes) is 1. The van der Waals surface area contributed by atoms with Crippen molar-refractivity contribution in [3.05, 3.63) is 29.8 Å². The molecule has 0 aliphatic carbocycles. The van der Waals surface area contributed by atoms with E-state index in [1.54, 1.807) is 4.90 Å². The lowest BCUT2D eigenvalue weighted by atomic mass is 10.1. The molecule has 2 atom stereocenters. The van der Waals surface area contributed by atoms with Crippen molar-refractivity contribution in [3.63, 3.8) is 0 Å². The minimum atomic E-state index is -0.219. The number of hydrogen-bond acceptors (Lipinski definition) is 3. The molecule has 2 unspecified atom stereocenters. The molecule has 5 nitrogen and oxygen atoms in total. The Kier molecular flexibility index (Phi) is 5.74. The summed E-state index contributed by atoms with van der Waals surface area (Å²) in [5.74, 6) is 0.359. The number of nitrogens with zero attached hydrogens (tertiary/aromatic N) is 2. The predicted octanol–water partition coefficient (Wildman–Crippen LogP) is 2.19. The summed E-state index contributed by atoms with van der Waals surface area (Å²) >= 11 is 0. The minimum absolute atomic E-state index is 0.0502. The molecule has 0 radical (unpaired) electrons. The van der Waals surface area contributed by atoms with Crippen molar-refractivity contribution >= 4 is 17.5 Å². The summed E-state index contributed by atoms with van der Waals surface area (Å²) in [5, 5.41) is 0. The Hall–Kier alpha value is -1.88. The molecule has 2 aliphatic rings. The summed E-state index contributed by atoms with van der Waals surface area (Å²) in [6.45, 7) is 4.83. The van der Waals surface area contributed by atoms with Crippen LogP contribution in [0.15, 0.2) is 24.3 Å². The molecule has 2 amide bonds. The number of hydrogen-bond donors (Lipinski definition) is 1. The topological polar surface area (TPSA) is 66.6 Å². The highest BCUT2D eigenvalue weighted by atomic mass is 16.2. The number of likely N-dealkylation sites (tertiary alicyclic amines) is 1. The van der Waals surface area contributed by atoms with E-state index in [-0.39, 0.29) is 17.7 Å². The summed E-state index contributed by atoms with van der Waals surface area (Å²) in [6, 6.07) is 8.21. The third-order valence-electron chi connectivity index (χ3n) is 5.47. The van der Waals surface area contributed by atoms with E-state index in [0.29, 0.717) is 25.4 Å². The van der Waals surface area contributed by atoms with Crippen molar-refractivity contribution in [2.45, 2.75) is 39.0 Å². The SMILES string of the molecule is CCCCc1ccc(N2CC(C(=O)N3CCC(CN)C3)CC2=O)cc1. The van der Waals surface area contributed by atoms with Gasteiger partial charge < -0.3 is 15.5 Å². The maximum atomic E-state index is 12.7. The predicted molar refractivity (Wildman–Crippen MR) is 99.3 cm³/mol. The Morgan fingerprint density at radius 2 is 2.00 bits per heavy atom. The Balaban J connectivity index is 1.61. The van der Waals surface area contributed by atoms with E-state index in [1.165, 1.54) is 18.4 Å². The van der Waals surface area contributed by atoms with E-state index in [2.05, 4.69) is 19.1 Å². The zero-order valence-corrected chi connectivity index (χ0v) is 15.1. The van der Waals surface area contributed by atoms with Crippen molar-refractivity contribution in [3.8, 4) is 0 Å². The van der Waals surface area contributed by atoms with Gasteiger partial charge in [0.1, 0.15) is 0 Å². The average molecular weight is 343 g/mol. The molecule has 2 saturated heterocycles. The first kappa shape index (κ1) is 17.9. The zero-order valence-electron chi connectivity index (χ0n) is 15.1. The van der Waals surface area contributed by atoms with Crippen LogP contribution in [-0.2, 0) is 16.0 Å². The Labute approximate surface area is 150 Å². The van der Waals surface area contributed by atoms with Crippen LogP contribution in [0.5, 0.6) is 0 Å². The van der Waals surface area contributed by atoms with Gasteiger partial charge in [-0.25, -0.2) is 0 Å². The second kappa shape index (κ2) is 8.00. The molecule has 0 bridgehead atoms. The fraction of sp³-hybridized carbons (Fsp3) is 0.600. The fourth-order valence-corrected chi connectivity index (χ4v) is 3.83. The van der Waals surface area contributed by atoms with Gasteiger partial charge in [0.05, 0.1) is 5.92 Å². The monoisotopic (exact) mass is 343 g/mol. The molecule has 1 aromatic carbocycles. The number of anilines is 1. The molecule has 0 saturated carbocycles. The van der Waals surface area contributed by atoms with Gasteiger partial charge in [0, 0.05) is 31.7 Å². The molecule has 2 heterocycles. The molecule has 0 aromatic heterocycles. The highest BCUT2D eigenvalue weighted by Gasteiger charge is 2.38. The van der Waals surface area contributed by atoms with Gasteiger partial charge in [0.25, 0.3) is 0 Å². The minimum Gasteiger partial charge on any atom is -0.342 e. The molecule has 2 aliphatic heterocycles. The molecule has 5 heteroatoms. The van der Waals surface area contributed by atoms with Crippen LogP contribution in [0, 0.1) is 11.8 Å². The number of carbonyl (C=O) groups is 2. The number of aryl methyl sites for hydroxylation is 1. The molecule has 3 rings (SSSR count). The summed E-state index contributed by atoms with van der Waals surface area (Å²) in [7, 11) is 0. The van der Waals surface area contributed by atoms with E-state index in [4.69, 9.17) is 5.73 Å². The first-order valence-corrected chi connectivity index (χ1v) is 9.50. The molecular weight excluding hydrogens is 314 g/mol. The van der Waals surface area contributed by atoms with E-state index >= 15 is 0 Å². The van der Waals surface area contributed by atoms with Crippen LogP contribution in [0.1, 0.15) is 38.2 Å². The maximum Gasteiger partial charge on any atom is 0.228 e. The Morgan fingerprint density at radius 3 is 2.64 bits per heavy atom. The Morgan fingerprint density at radius 1 is 1.24 bits per heavy atom. The molecule has 2 N–H and O–H groups in total. The summed E-state index contributed by atoms with van der Waals surface area (Å²) in [5.41, 5.74) is 7.92. The van der Waals surface area contributed by atoms with Crippen molar-refractivity contribution in [2.75, 3.05) is 31.1 Å².